The van der Waals surface area contributed by atoms with Crippen LogP contribution in [0.4, 0.5) is 0 Å². The number of hydrogen-bond acceptors (Lipinski definition) is 0. The Bertz CT molecular complexity index is 581. The largest absolute Gasteiger partial charge is 0.0801 e. The van der Waals surface area contributed by atoms with Crippen molar-refractivity contribution in [1.82, 2.24) is 0 Å². The van der Waals surface area contributed by atoms with Crippen LogP contribution >= 0.6 is 0 Å². The molecule has 3 aliphatic carbocycles. The highest BCUT2D eigenvalue weighted by molar-refractivity contribution is 6.86. The van der Waals surface area contributed by atoms with Crippen molar-refractivity contribution < 1.29 is 0 Å². The number of allylic oxidation sites excluding steroid dienone is 8. The molecule has 3 rings (SSSR count). The van der Waals surface area contributed by atoms with Crippen molar-refractivity contribution in [2.45, 2.75) is 77.8 Å². The van der Waals surface area contributed by atoms with Crippen molar-refractivity contribution in [3.63, 3.8) is 0 Å². The van der Waals surface area contributed by atoms with E-state index in [1.807, 2.05) is 0 Å². The Labute approximate surface area is 151 Å². The molecule has 0 atom stereocenters. The molecule has 1 fully saturated rings. The lowest BCUT2D eigenvalue weighted by atomic mass is 9.80. The van der Waals surface area contributed by atoms with Crippen LogP contribution in [0.1, 0.15) is 38.5 Å². The van der Waals surface area contributed by atoms with Crippen molar-refractivity contribution in [3.8, 4) is 0 Å². The molecule has 0 aromatic rings. The molecule has 24 heavy (non-hydrogen) atoms. The Kier molecular flexibility index (Phi) is 5.01. The summed E-state index contributed by atoms with van der Waals surface area (Å²) in [5.41, 5.74) is 3.54. The van der Waals surface area contributed by atoms with Crippen molar-refractivity contribution >= 4 is 16.1 Å². The molecule has 132 valence electrons. The second kappa shape index (κ2) is 6.60. The Hall–Kier alpha value is -0.606. The Morgan fingerprint density at radius 1 is 0.792 bits per heavy atom. The monoisotopic (exact) mass is 356 g/mol. The molecule has 3 aliphatic rings. The highest BCUT2D eigenvalue weighted by atomic mass is 28.3. The fraction of sp³-hybridized carbons (Fsp3) is 0.636. The lowest BCUT2D eigenvalue weighted by Crippen LogP contribution is -2.35. The van der Waals surface area contributed by atoms with Crippen LogP contribution in [0.5, 0.6) is 0 Å². The summed E-state index contributed by atoms with van der Waals surface area (Å²) in [4.78, 5) is 0. The summed E-state index contributed by atoms with van der Waals surface area (Å²) >= 11 is 0. The summed E-state index contributed by atoms with van der Waals surface area (Å²) < 4.78 is 0. The second-order valence-electron chi connectivity index (χ2n) is 10.1. The molecular formula is C22H36Si2. The molecule has 0 nitrogen and oxygen atoms in total. The average molecular weight is 357 g/mol. The summed E-state index contributed by atoms with van der Waals surface area (Å²) in [5.74, 6) is 1.51. The quantitative estimate of drug-likeness (QED) is 0.473. The van der Waals surface area contributed by atoms with Crippen molar-refractivity contribution in [3.05, 3.63) is 45.8 Å². The molecule has 0 saturated heterocycles. The first-order valence-electron chi connectivity index (χ1n) is 10.0. The van der Waals surface area contributed by atoms with Gasteiger partial charge in [-0.3, -0.25) is 0 Å². The van der Waals surface area contributed by atoms with Gasteiger partial charge in [0.05, 0.1) is 16.1 Å². The third-order valence-corrected chi connectivity index (χ3v) is 10.6. The minimum absolute atomic E-state index is 0.662. The van der Waals surface area contributed by atoms with Crippen LogP contribution in [-0.4, -0.2) is 16.1 Å². The van der Waals surface area contributed by atoms with Gasteiger partial charge in [-0.1, -0.05) is 98.8 Å². The predicted octanol–water partition coefficient (Wildman–Crippen LogP) is 7.06. The van der Waals surface area contributed by atoms with E-state index in [2.05, 4.69) is 63.6 Å². The van der Waals surface area contributed by atoms with Gasteiger partial charge in [0.25, 0.3) is 0 Å². The second-order valence-corrected chi connectivity index (χ2v) is 20.3. The standard InChI is InChI=1S/C22H36Si2/c1-23(2,3)20-15-16-21(24(4,5)6)22(20)19-14-10-13-18(19)17-11-8-7-9-12-17/h10,13,15-17,22H,7-9,11-12,14H2,1-6H3. The van der Waals surface area contributed by atoms with E-state index < -0.39 is 16.1 Å². The van der Waals surface area contributed by atoms with Crippen molar-refractivity contribution in [1.29, 1.82) is 0 Å². The van der Waals surface area contributed by atoms with Gasteiger partial charge in [-0.25, -0.2) is 0 Å². The number of rotatable bonds is 4. The van der Waals surface area contributed by atoms with Gasteiger partial charge in [0, 0.05) is 5.92 Å². The van der Waals surface area contributed by atoms with E-state index in [9.17, 15) is 0 Å². The summed E-state index contributed by atoms with van der Waals surface area (Å²) in [5, 5.41) is 3.60. The molecule has 2 heteroatoms. The first-order chi connectivity index (χ1) is 11.2. The molecule has 0 unspecified atom stereocenters. The number of hydrogen-bond donors (Lipinski definition) is 0. The summed E-state index contributed by atoms with van der Waals surface area (Å²) in [6.07, 6.45) is 18.4. The zero-order valence-electron chi connectivity index (χ0n) is 16.7. The van der Waals surface area contributed by atoms with Crippen molar-refractivity contribution in [2.75, 3.05) is 0 Å². The van der Waals surface area contributed by atoms with Crippen LogP contribution in [0.3, 0.4) is 0 Å². The summed E-state index contributed by atoms with van der Waals surface area (Å²) in [7, 11) is -2.57. The maximum absolute atomic E-state index is 2.54. The van der Waals surface area contributed by atoms with Crippen LogP contribution in [0.2, 0.25) is 39.3 Å². The van der Waals surface area contributed by atoms with E-state index in [-0.39, 0.29) is 0 Å². The molecule has 0 aliphatic heterocycles. The van der Waals surface area contributed by atoms with Gasteiger partial charge in [-0.15, -0.1) is 0 Å². The van der Waals surface area contributed by atoms with Gasteiger partial charge in [0.1, 0.15) is 0 Å². The van der Waals surface area contributed by atoms with E-state index >= 15 is 0 Å². The summed E-state index contributed by atoms with van der Waals surface area (Å²) in [6, 6.07) is 0. The zero-order chi connectivity index (χ0) is 17.5. The molecule has 0 spiro atoms. The molecule has 1 saturated carbocycles. The molecule has 0 N–H and O–H groups in total. The highest BCUT2D eigenvalue weighted by Crippen LogP contribution is 2.48. The van der Waals surface area contributed by atoms with E-state index in [0.29, 0.717) is 5.92 Å². The molecule has 0 heterocycles. The topological polar surface area (TPSA) is 0 Å². The Morgan fingerprint density at radius 3 is 1.83 bits per heavy atom. The predicted molar refractivity (Wildman–Crippen MR) is 114 cm³/mol. The maximum Gasteiger partial charge on any atom is 0.0736 e. The fourth-order valence-corrected chi connectivity index (χ4v) is 8.62. The highest BCUT2D eigenvalue weighted by Gasteiger charge is 2.40. The van der Waals surface area contributed by atoms with E-state index in [0.717, 1.165) is 5.92 Å². The third-order valence-electron chi connectivity index (χ3n) is 6.20. The zero-order valence-corrected chi connectivity index (χ0v) is 18.7. The Morgan fingerprint density at radius 2 is 1.33 bits per heavy atom. The summed E-state index contributed by atoms with van der Waals surface area (Å²) in [6.45, 7) is 15.2. The minimum atomic E-state index is -1.29. The van der Waals surface area contributed by atoms with Gasteiger partial charge >= 0.3 is 0 Å². The lowest BCUT2D eigenvalue weighted by Gasteiger charge is -2.35. The smallest absolute Gasteiger partial charge is 0.0736 e. The van der Waals surface area contributed by atoms with Gasteiger partial charge < -0.3 is 0 Å². The SMILES string of the molecule is C[Si](C)(C)C1=CC=C([Si](C)(C)C)C1C1=C(C2CCCCC2)C=CC1. The molecule has 0 amide bonds. The van der Waals surface area contributed by atoms with Crippen LogP contribution < -0.4 is 0 Å². The lowest BCUT2D eigenvalue weighted by molar-refractivity contribution is 0.405. The fourth-order valence-electron chi connectivity index (χ4n) is 4.92. The van der Waals surface area contributed by atoms with Gasteiger partial charge in [-0.05, 0) is 30.8 Å². The third kappa shape index (κ3) is 3.50. The van der Waals surface area contributed by atoms with Gasteiger partial charge in [-0.2, -0.15) is 0 Å². The molecular weight excluding hydrogens is 320 g/mol. The maximum atomic E-state index is 2.54. The van der Waals surface area contributed by atoms with Crippen LogP contribution in [0.25, 0.3) is 0 Å². The van der Waals surface area contributed by atoms with E-state index in [1.54, 1.807) is 21.5 Å². The van der Waals surface area contributed by atoms with E-state index in [4.69, 9.17) is 0 Å². The van der Waals surface area contributed by atoms with E-state index in [1.165, 1.54) is 38.5 Å². The van der Waals surface area contributed by atoms with Gasteiger partial charge in [0.15, 0.2) is 0 Å². The van der Waals surface area contributed by atoms with Gasteiger partial charge in [0.2, 0.25) is 0 Å². The first kappa shape index (κ1) is 18.2. The molecule has 0 bridgehead atoms. The van der Waals surface area contributed by atoms with Crippen molar-refractivity contribution in [2.24, 2.45) is 11.8 Å². The van der Waals surface area contributed by atoms with Crippen LogP contribution in [-0.2, 0) is 0 Å². The van der Waals surface area contributed by atoms with Crippen LogP contribution in [0, 0.1) is 11.8 Å². The van der Waals surface area contributed by atoms with Crippen LogP contribution in [0.15, 0.2) is 45.8 Å². The molecule has 0 radical (unpaired) electrons. The normalized spacial score (nSPS) is 23.9. The first-order valence-corrected chi connectivity index (χ1v) is 17.0. The molecule has 0 aromatic carbocycles. The Balaban J connectivity index is 2.01. The minimum Gasteiger partial charge on any atom is -0.0801 e. The average Bonchev–Trinajstić information content (AvgIpc) is 3.13. The molecule has 0 aromatic heterocycles.